The van der Waals surface area contributed by atoms with Crippen LogP contribution in [0.15, 0.2) is 17.8 Å². The molecule has 2 aromatic heterocycles. The molecular weight excluding hydrogens is 248 g/mol. The maximum atomic E-state index is 5.40. The maximum Gasteiger partial charge on any atom is 0.145 e. The largest absolute Gasteiger partial charge is 0.365 e. The summed E-state index contributed by atoms with van der Waals surface area (Å²) in [6, 6.07) is 1.79. The lowest BCUT2D eigenvalue weighted by molar-refractivity contribution is 0.834. The van der Waals surface area contributed by atoms with Gasteiger partial charge in [-0.3, -0.25) is 4.98 Å². The predicted octanol–water partition coefficient (Wildman–Crippen LogP) is 1.78. The number of anilines is 2. The number of aromatic nitrogens is 3. The van der Waals surface area contributed by atoms with E-state index in [0.717, 1.165) is 29.4 Å². The van der Waals surface area contributed by atoms with Crippen molar-refractivity contribution < 1.29 is 0 Å². The lowest BCUT2D eigenvalue weighted by Crippen LogP contribution is -2.12. The van der Waals surface area contributed by atoms with Crippen LogP contribution in [0.25, 0.3) is 0 Å². The molecule has 96 valence electrons. The summed E-state index contributed by atoms with van der Waals surface area (Å²) in [4.78, 5) is 13.9. The van der Waals surface area contributed by atoms with Gasteiger partial charge >= 0.3 is 0 Å². The van der Waals surface area contributed by atoms with E-state index in [1.54, 1.807) is 17.4 Å². The van der Waals surface area contributed by atoms with Crippen LogP contribution in [0.2, 0.25) is 0 Å². The van der Waals surface area contributed by atoms with Crippen LogP contribution in [0.4, 0.5) is 11.6 Å². The van der Waals surface area contributed by atoms with Gasteiger partial charge in [-0.1, -0.05) is 6.92 Å². The van der Waals surface area contributed by atoms with Gasteiger partial charge in [0.1, 0.15) is 17.5 Å². The standard InChI is InChI=1S/C11H16N6S/c1-2-3-9-15-10(4-11(16-9)17-12)14-6-8-5-13-7-18-8/h4-5,7H,2-3,6,12H2,1H3,(H2,14,15,16,17). The zero-order valence-corrected chi connectivity index (χ0v) is 11.0. The van der Waals surface area contributed by atoms with E-state index in [-0.39, 0.29) is 0 Å². The number of hydrazine groups is 1. The minimum atomic E-state index is 0.625. The number of hydrogen-bond donors (Lipinski definition) is 3. The van der Waals surface area contributed by atoms with Crippen molar-refractivity contribution in [2.75, 3.05) is 10.7 Å². The quantitative estimate of drug-likeness (QED) is 0.544. The molecule has 0 atom stereocenters. The molecule has 6 nitrogen and oxygen atoms in total. The number of nitrogen functional groups attached to an aromatic ring is 1. The third-order valence-electron chi connectivity index (χ3n) is 2.32. The Hall–Kier alpha value is -1.73. The fourth-order valence-electron chi connectivity index (χ4n) is 1.50. The molecule has 4 N–H and O–H groups in total. The molecule has 0 aromatic carbocycles. The van der Waals surface area contributed by atoms with Crippen LogP contribution in [0.5, 0.6) is 0 Å². The third-order valence-corrected chi connectivity index (χ3v) is 3.10. The second-order valence-corrected chi connectivity index (χ2v) is 4.74. The van der Waals surface area contributed by atoms with E-state index < -0.39 is 0 Å². The summed E-state index contributed by atoms with van der Waals surface area (Å²) in [5.41, 5.74) is 4.37. The zero-order valence-electron chi connectivity index (χ0n) is 10.2. The number of hydrogen-bond acceptors (Lipinski definition) is 7. The first-order valence-electron chi connectivity index (χ1n) is 5.77. The van der Waals surface area contributed by atoms with E-state index >= 15 is 0 Å². The fourth-order valence-corrected chi connectivity index (χ4v) is 2.04. The normalized spacial score (nSPS) is 10.3. The van der Waals surface area contributed by atoms with Gasteiger partial charge in [0.25, 0.3) is 0 Å². The molecule has 18 heavy (non-hydrogen) atoms. The molecule has 0 spiro atoms. The summed E-state index contributed by atoms with van der Waals surface area (Å²) in [6.45, 7) is 2.80. The van der Waals surface area contributed by atoms with Crippen LogP contribution in [0.1, 0.15) is 24.0 Å². The topological polar surface area (TPSA) is 88.8 Å². The van der Waals surface area contributed by atoms with Gasteiger partial charge in [-0.2, -0.15) is 0 Å². The molecule has 0 unspecified atom stereocenters. The second-order valence-electron chi connectivity index (χ2n) is 3.77. The molecule has 2 rings (SSSR count). The van der Waals surface area contributed by atoms with E-state index in [2.05, 4.69) is 32.6 Å². The number of nitrogens with one attached hydrogen (secondary N) is 2. The Labute approximate surface area is 110 Å². The number of nitrogens with zero attached hydrogens (tertiary/aromatic N) is 3. The molecule has 7 heteroatoms. The first-order chi connectivity index (χ1) is 8.81. The summed E-state index contributed by atoms with van der Waals surface area (Å²) in [6.07, 6.45) is 3.68. The first-order valence-corrected chi connectivity index (χ1v) is 6.65. The SMILES string of the molecule is CCCc1nc(NN)cc(NCc2cncs2)n1. The van der Waals surface area contributed by atoms with Gasteiger partial charge in [0, 0.05) is 23.6 Å². The van der Waals surface area contributed by atoms with E-state index in [1.807, 2.05) is 11.7 Å². The lowest BCUT2D eigenvalue weighted by atomic mass is 10.3. The fraction of sp³-hybridized carbons (Fsp3) is 0.364. The monoisotopic (exact) mass is 264 g/mol. The van der Waals surface area contributed by atoms with Gasteiger partial charge in [0.15, 0.2) is 0 Å². The molecule has 0 saturated carbocycles. The molecule has 0 aliphatic carbocycles. The van der Waals surface area contributed by atoms with E-state index in [4.69, 9.17) is 5.84 Å². The highest BCUT2D eigenvalue weighted by Gasteiger charge is 2.04. The van der Waals surface area contributed by atoms with Crippen molar-refractivity contribution in [1.82, 2.24) is 15.0 Å². The molecule has 0 aliphatic heterocycles. The van der Waals surface area contributed by atoms with Crippen LogP contribution in [-0.4, -0.2) is 15.0 Å². The summed E-state index contributed by atoms with van der Waals surface area (Å²) < 4.78 is 0. The maximum absolute atomic E-state index is 5.40. The van der Waals surface area contributed by atoms with Crippen LogP contribution < -0.4 is 16.6 Å². The van der Waals surface area contributed by atoms with Gasteiger partial charge in [-0.05, 0) is 6.42 Å². The smallest absolute Gasteiger partial charge is 0.145 e. The van der Waals surface area contributed by atoms with Gasteiger partial charge in [0.05, 0.1) is 12.1 Å². The predicted molar refractivity (Wildman–Crippen MR) is 73.3 cm³/mol. The Balaban J connectivity index is 2.08. The van der Waals surface area contributed by atoms with E-state index in [9.17, 15) is 0 Å². The van der Waals surface area contributed by atoms with E-state index in [1.165, 1.54) is 0 Å². The van der Waals surface area contributed by atoms with Crippen LogP contribution in [0, 0.1) is 0 Å². The molecule has 0 radical (unpaired) electrons. The van der Waals surface area contributed by atoms with Crippen molar-refractivity contribution in [3.8, 4) is 0 Å². The molecule has 0 bridgehead atoms. The first kappa shape index (κ1) is 12.7. The molecule has 2 heterocycles. The Kier molecular flexibility index (Phi) is 4.43. The highest BCUT2D eigenvalue weighted by atomic mass is 32.1. The van der Waals surface area contributed by atoms with Crippen molar-refractivity contribution in [3.05, 3.63) is 28.5 Å². The molecule has 0 fully saturated rings. The zero-order chi connectivity index (χ0) is 12.8. The van der Waals surface area contributed by atoms with Crippen LogP contribution in [-0.2, 0) is 13.0 Å². The van der Waals surface area contributed by atoms with Gasteiger partial charge in [0.2, 0.25) is 0 Å². The number of rotatable bonds is 6. The van der Waals surface area contributed by atoms with Crippen molar-refractivity contribution >= 4 is 23.0 Å². The Morgan fingerprint density at radius 2 is 2.17 bits per heavy atom. The van der Waals surface area contributed by atoms with Crippen molar-refractivity contribution in [3.63, 3.8) is 0 Å². The van der Waals surface area contributed by atoms with E-state index in [0.29, 0.717) is 12.4 Å². The van der Waals surface area contributed by atoms with Gasteiger partial charge < -0.3 is 10.7 Å². The van der Waals surface area contributed by atoms with Crippen LogP contribution in [0.3, 0.4) is 0 Å². The molecule has 0 saturated heterocycles. The van der Waals surface area contributed by atoms with Crippen LogP contribution >= 0.6 is 11.3 Å². The average Bonchev–Trinajstić information content (AvgIpc) is 2.89. The molecular formula is C11H16N6S. The third kappa shape index (κ3) is 3.38. The number of thiazole rings is 1. The Morgan fingerprint density at radius 1 is 1.33 bits per heavy atom. The highest BCUT2D eigenvalue weighted by Crippen LogP contribution is 2.14. The molecule has 2 aromatic rings. The second kappa shape index (κ2) is 6.27. The number of aryl methyl sites for hydroxylation is 1. The average molecular weight is 264 g/mol. The van der Waals surface area contributed by atoms with Gasteiger partial charge in [-0.15, -0.1) is 11.3 Å². The van der Waals surface area contributed by atoms with Crippen molar-refractivity contribution in [2.24, 2.45) is 5.84 Å². The van der Waals surface area contributed by atoms with Crippen molar-refractivity contribution in [2.45, 2.75) is 26.3 Å². The summed E-state index contributed by atoms with van der Waals surface area (Å²) in [5.74, 6) is 7.59. The highest BCUT2D eigenvalue weighted by molar-refractivity contribution is 7.09. The summed E-state index contributed by atoms with van der Waals surface area (Å²) in [7, 11) is 0. The minimum absolute atomic E-state index is 0.625. The summed E-state index contributed by atoms with van der Waals surface area (Å²) >= 11 is 1.61. The number of nitrogens with two attached hydrogens (primary N) is 1. The molecule has 0 aliphatic rings. The van der Waals surface area contributed by atoms with Gasteiger partial charge in [-0.25, -0.2) is 15.8 Å². The lowest BCUT2D eigenvalue weighted by Gasteiger charge is -2.08. The Morgan fingerprint density at radius 3 is 2.83 bits per heavy atom. The minimum Gasteiger partial charge on any atom is -0.365 e. The Bertz CT molecular complexity index is 484. The summed E-state index contributed by atoms with van der Waals surface area (Å²) in [5, 5.41) is 3.24. The van der Waals surface area contributed by atoms with Crippen molar-refractivity contribution in [1.29, 1.82) is 0 Å². The molecule has 0 amide bonds.